The van der Waals surface area contributed by atoms with E-state index in [9.17, 15) is 4.39 Å². The molecule has 0 aromatic heterocycles. The molecule has 0 radical (unpaired) electrons. The van der Waals surface area contributed by atoms with E-state index in [-0.39, 0.29) is 6.04 Å². The molecule has 58 valence electrons. The highest BCUT2D eigenvalue weighted by molar-refractivity contribution is 5.13. The Morgan fingerprint density at radius 2 is 2.40 bits per heavy atom. The minimum Gasteiger partial charge on any atom is -0.318 e. The predicted octanol–water partition coefficient (Wildman–Crippen LogP) is 1.07. The Morgan fingerprint density at radius 3 is 2.60 bits per heavy atom. The summed E-state index contributed by atoms with van der Waals surface area (Å²) < 4.78 is 12.7. The van der Waals surface area contributed by atoms with Crippen molar-refractivity contribution >= 4 is 0 Å². The lowest BCUT2D eigenvalue weighted by Crippen LogP contribution is -2.38. The SMILES string of the molecule is CC1=CN(C)NC1C(C)F. The number of nitrogens with zero attached hydrogens (tertiary/aromatic N) is 1. The summed E-state index contributed by atoms with van der Waals surface area (Å²) in [6.07, 6.45) is 1.09. The number of halogens is 1. The molecule has 0 amide bonds. The van der Waals surface area contributed by atoms with E-state index in [1.165, 1.54) is 0 Å². The lowest BCUT2D eigenvalue weighted by atomic mass is 10.1. The lowest BCUT2D eigenvalue weighted by molar-refractivity contribution is 0.235. The number of nitrogens with one attached hydrogen (secondary N) is 1. The van der Waals surface area contributed by atoms with Crippen LogP contribution < -0.4 is 5.43 Å². The molecule has 1 rings (SSSR count). The summed E-state index contributed by atoms with van der Waals surface area (Å²) in [5, 5.41) is 1.79. The molecular formula is C7H13FN2. The predicted molar refractivity (Wildman–Crippen MR) is 39.0 cm³/mol. The average Bonchev–Trinajstić information content (AvgIpc) is 2.10. The van der Waals surface area contributed by atoms with Crippen molar-refractivity contribution in [3.8, 4) is 0 Å². The van der Waals surface area contributed by atoms with E-state index in [2.05, 4.69) is 5.43 Å². The molecule has 2 nitrogen and oxygen atoms in total. The van der Waals surface area contributed by atoms with Crippen LogP contribution in [0.25, 0.3) is 0 Å². The highest BCUT2D eigenvalue weighted by Gasteiger charge is 2.23. The van der Waals surface area contributed by atoms with Crippen molar-refractivity contribution in [2.75, 3.05) is 7.05 Å². The quantitative estimate of drug-likeness (QED) is 0.592. The molecule has 10 heavy (non-hydrogen) atoms. The van der Waals surface area contributed by atoms with E-state index < -0.39 is 6.17 Å². The summed E-state index contributed by atoms with van der Waals surface area (Å²) in [6, 6.07) is -0.120. The molecule has 0 aromatic rings. The van der Waals surface area contributed by atoms with Gasteiger partial charge in [0, 0.05) is 13.2 Å². The molecule has 0 bridgehead atoms. The third-order valence-corrected chi connectivity index (χ3v) is 1.69. The lowest BCUT2D eigenvalue weighted by Gasteiger charge is -2.16. The number of hydrazine groups is 1. The normalized spacial score (nSPS) is 28.6. The van der Waals surface area contributed by atoms with E-state index >= 15 is 0 Å². The number of hydrogen-bond donors (Lipinski definition) is 1. The van der Waals surface area contributed by atoms with Gasteiger partial charge in [0.05, 0.1) is 6.04 Å². The second kappa shape index (κ2) is 2.58. The van der Waals surface area contributed by atoms with Gasteiger partial charge < -0.3 is 5.01 Å². The molecule has 1 aliphatic rings. The van der Waals surface area contributed by atoms with Crippen LogP contribution >= 0.6 is 0 Å². The van der Waals surface area contributed by atoms with Gasteiger partial charge in [0.15, 0.2) is 0 Å². The summed E-state index contributed by atoms with van der Waals surface area (Å²) in [5.41, 5.74) is 4.02. The summed E-state index contributed by atoms with van der Waals surface area (Å²) in [7, 11) is 1.87. The molecule has 1 aliphatic heterocycles. The summed E-state index contributed by atoms with van der Waals surface area (Å²) in [6.45, 7) is 3.49. The molecule has 0 aliphatic carbocycles. The highest BCUT2D eigenvalue weighted by Crippen LogP contribution is 2.14. The monoisotopic (exact) mass is 144 g/mol. The average molecular weight is 144 g/mol. The van der Waals surface area contributed by atoms with Crippen molar-refractivity contribution in [2.24, 2.45) is 0 Å². The van der Waals surface area contributed by atoms with E-state index in [4.69, 9.17) is 0 Å². The van der Waals surface area contributed by atoms with Crippen molar-refractivity contribution < 1.29 is 4.39 Å². The van der Waals surface area contributed by atoms with Crippen molar-refractivity contribution in [3.63, 3.8) is 0 Å². The zero-order chi connectivity index (χ0) is 7.72. The van der Waals surface area contributed by atoms with Crippen LogP contribution in [0.2, 0.25) is 0 Å². The van der Waals surface area contributed by atoms with Gasteiger partial charge in [0.25, 0.3) is 0 Å². The van der Waals surface area contributed by atoms with Gasteiger partial charge >= 0.3 is 0 Å². The van der Waals surface area contributed by atoms with Crippen molar-refractivity contribution in [3.05, 3.63) is 11.8 Å². The minimum atomic E-state index is -0.818. The fraction of sp³-hybridized carbons (Fsp3) is 0.714. The first kappa shape index (κ1) is 7.54. The van der Waals surface area contributed by atoms with Gasteiger partial charge in [-0.2, -0.15) is 0 Å². The Balaban J connectivity index is 2.59. The topological polar surface area (TPSA) is 15.3 Å². The van der Waals surface area contributed by atoms with Crippen LogP contribution in [0.3, 0.4) is 0 Å². The standard InChI is InChI=1S/C7H13FN2/c1-5-4-10(3)9-7(5)6(2)8/h4,6-7,9H,1-3H3. The first-order chi connectivity index (χ1) is 4.61. The van der Waals surface area contributed by atoms with Crippen LogP contribution in [0.4, 0.5) is 4.39 Å². The molecule has 2 unspecified atom stereocenters. The largest absolute Gasteiger partial charge is 0.318 e. The van der Waals surface area contributed by atoms with E-state index in [1.54, 1.807) is 11.9 Å². The summed E-state index contributed by atoms with van der Waals surface area (Å²) in [5.74, 6) is 0. The number of alkyl halides is 1. The maximum atomic E-state index is 12.7. The maximum Gasteiger partial charge on any atom is 0.118 e. The van der Waals surface area contributed by atoms with Gasteiger partial charge in [0.2, 0.25) is 0 Å². The van der Waals surface area contributed by atoms with Gasteiger partial charge in [-0.1, -0.05) is 0 Å². The molecule has 0 saturated carbocycles. The fourth-order valence-electron chi connectivity index (χ4n) is 1.21. The Hall–Kier alpha value is -0.570. The molecular weight excluding hydrogens is 131 g/mol. The van der Waals surface area contributed by atoms with Crippen LogP contribution in [0.1, 0.15) is 13.8 Å². The first-order valence-electron chi connectivity index (χ1n) is 3.42. The first-order valence-corrected chi connectivity index (χ1v) is 3.42. The Bertz CT molecular complexity index is 154. The van der Waals surface area contributed by atoms with Crippen LogP contribution in [-0.2, 0) is 0 Å². The second-order valence-corrected chi connectivity index (χ2v) is 2.77. The molecule has 1 N–H and O–H groups in total. The molecule has 2 atom stereocenters. The zero-order valence-electron chi connectivity index (χ0n) is 6.56. The fourth-order valence-corrected chi connectivity index (χ4v) is 1.21. The zero-order valence-corrected chi connectivity index (χ0v) is 6.56. The van der Waals surface area contributed by atoms with Crippen LogP contribution in [-0.4, -0.2) is 24.3 Å². The molecule has 3 heteroatoms. The molecule has 0 spiro atoms. The van der Waals surface area contributed by atoms with Crippen LogP contribution in [0, 0.1) is 0 Å². The number of hydrogen-bond acceptors (Lipinski definition) is 2. The van der Waals surface area contributed by atoms with E-state index in [1.807, 2.05) is 20.2 Å². The van der Waals surface area contributed by atoms with E-state index in [0.29, 0.717) is 0 Å². The molecule has 0 aromatic carbocycles. The Kier molecular flexibility index (Phi) is 1.94. The Labute approximate surface area is 60.7 Å². The van der Waals surface area contributed by atoms with Gasteiger partial charge in [-0.05, 0) is 19.4 Å². The minimum absolute atomic E-state index is 0.120. The molecule has 0 saturated heterocycles. The van der Waals surface area contributed by atoms with Crippen molar-refractivity contribution in [1.29, 1.82) is 0 Å². The smallest absolute Gasteiger partial charge is 0.118 e. The van der Waals surface area contributed by atoms with Gasteiger partial charge in [-0.25, -0.2) is 9.82 Å². The highest BCUT2D eigenvalue weighted by atomic mass is 19.1. The van der Waals surface area contributed by atoms with E-state index in [0.717, 1.165) is 5.57 Å². The second-order valence-electron chi connectivity index (χ2n) is 2.77. The van der Waals surface area contributed by atoms with Gasteiger partial charge in [-0.15, -0.1) is 0 Å². The molecule has 1 heterocycles. The van der Waals surface area contributed by atoms with Crippen molar-refractivity contribution in [1.82, 2.24) is 10.4 Å². The van der Waals surface area contributed by atoms with Crippen LogP contribution in [0.5, 0.6) is 0 Å². The third-order valence-electron chi connectivity index (χ3n) is 1.69. The van der Waals surface area contributed by atoms with Crippen LogP contribution in [0.15, 0.2) is 11.8 Å². The van der Waals surface area contributed by atoms with Crippen molar-refractivity contribution in [2.45, 2.75) is 26.1 Å². The third kappa shape index (κ3) is 1.29. The summed E-state index contributed by atoms with van der Waals surface area (Å²) in [4.78, 5) is 0. The maximum absolute atomic E-state index is 12.7. The molecule has 0 fully saturated rings. The van der Waals surface area contributed by atoms with Gasteiger partial charge in [-0.3, -0.25) is 0 Å². The number of rotatable bonds is 1. The van der Waals surface area contributed by atoms with Gasteiger partial charge in [0.1, 0.15) is 6.17 Å². The Morgan fingerprint density at radius 1 is 1.80 bits per heavy atom. The summed E-state index contributed by atoms with van der Waals surface area (Å²) >= 11 is 0.